The molecular formula is C9H8N4O. The number of pyridine rings is 1. The van der Waals surface area contributed by atoms with Crippen molar-refractivity contribution in [3.05, 3.63) is 29.6 Å². The van der Waals surface area contributed by atoms with E-state index in [0.29, 0.717) is 17.7 Å². The summed E-state index contributed by atoms with van der Waals surface area (Å²) in [5.41, 5.74) is 2.30. The van der Waals surface area contributed by atoms with E-state index in [1.807, 2.05) is 19.1 Å². The average molecular weight is 188 g/mol. The minimum atomic E-state index is 0.281. The molecular weight excluding hydrogens is 180 g/mol. The molecule has 0 spiro atoms. The van der Waals surface area contributed by atoms with Gasteiger partial charge in [0.05, 0.1) is 5.69 Å². The van der Waals surface area contributed by atoms with Crippen LogP contribution in [-0.4, -0.2) is 26.7 Å². The van der Waals surface area contributed by atoms with Crippen LogP contribution >= 0.6 is 0 Å². The number of carbonyl (C=O) groups excluding carboxylic acids is 1. The normalized spacial score (nSPS) is 10.1. The molecule has 0 radical (unpaired) electrons. The second kappa shape index (κ2) is 3.37. The Morgan fingerprint density at radius 1 is 1.36 bits per heavy atom. The number of aldehydes is 1. The monoisotopic (exact) mass is 188 g/mol. The Hall–Kier alpha value is -2.04. The fourth-order valence-corrected chi connectivity index (χ4v) is 1.18. The minimum Gasteiger partial charge on any atom is -0.296 e. The minimum absolute atomic E-state index is 0.281. The highest BCUT2D eigenvalue weighted by Gasteiger charge is 2.09. The van der Waals surface area contributed by atoms with E-state index in [2.05, 4.69) is 20.4 Å². The van der Waals surface area contributed by atoms with Crippen molar-refractivity contribution in [3.63, 3.8) is 0 Å². The van der Waals surface area contributed by atoms with Gasteiger partial charge in [-0.05, 0) is 19.1 Å². The van der Waals surface area contributed by atoms with Crippen LogP contribution in [0.25, 0.3) is 11.4 Å². The van der Waals surface area contributed by atoms with Gasteiger partial charge in [0.15, 0.2) is 12.0 Å². The van der Waals surface area contributed by atoms with Crippen molar-refractivity contribution in [1.29, 1.82) is 0 Å². The number of nitrogens with one attached hydrogen (secondary N) is 1. The van der Waals surface area contributed by atoms with Gasteiger partial charge in [-0.15, -0.1) is 0 Å². The zero-order valence-corrected chi connectivity index (χ0v) is 7.56. The summed E-state index contributed by atoms with van der Waals surface area (Å²) in [5.74, 6) is 0. The van der Waals surface area contributed by atoms with Gasteiger partial charge in [-0.2, -0.15) is 15.4 Å². The van der Waals surface area contributed by atoms with E-state index >= 15 is 0 Å². The summed E-state index contributed by atoms with van der Waals surface area (Å²) in [5, 5.41) is 9.96. The van der Waals surface area contributed by atoms with Crippen molar-refractivity contribution < 1.29 is 4.79 Å². The number of aromatic nitrogens is 4. The summed E-state index contributed by atoms with van der Waals surface area (Å²) in [4.78, 5) is 14.8. The number of H-pyrrole nitrogens is 1. The highest BCUT2D eigenvalue weighted by Crippen LogP contribution is 2.15. The molecule has 2 aromatic heterocycles. The molecule has 2 aromatic rings. The summed E-state index contributed by atoms with van der Waals surface area (Å²) in [6.45, 7) is 1.88. The molecule has 0 saturated carbocycles. The number of hydrogen-bond acceptors (Lipinski definition) is 4. The zero-order chi connectivity index (χ0) is 9.97. The summed E-state index contributed by atoms with van der Waals surface area (Å²) in [7, 11) is 0. The first-order valence-electron chi connectivity index (χ1n) is 4.11. The summed E-state index contributed by atoms with van der Waals surface area (Å²) >= 11 is 0. The molecule has 0 amide bonds. The number of hydrogen-bond donors (Lipinski definition) is 1. The molecule has 1 N–H and O–H groups in total. The molecule has 0 bridgehead atoms. The van der Waals surface area contributed by atoms with E-state index < -0.39 is 0 Å². The molecule has 0 aromatic carbocycles. The first-order chi connectivity index (χ1) is 6.81. The highest BCUT2D eigenvalue weighted by molar-refractivity contribution is 5.81. The van der Waals surface area contributed by atoms with Gasteiger partial charge < -0.3 is 0 Å². The first kappa shape index (κ1) is 8.55. The van der Waals surface area contributed by atoms with E-state index in [0.717, 1.165) is 5.69 Å². The third-order valence-corrected chi connectivity index (χ3v) is 1.82. The van der Waals surface area contributed by atoms with Gasteiger partial charge in [-0.1, -0.05) is 6.07 Å². The maximum atomic E-state index is 10.6. The fourth-order valence-electron chi connectivity index (χ4n) is 1.18. The lowest BCUT2D eigenvalue weighted by molar-refractivity contribution is 0.111. The van der Waals surface area contributed by atoms with Crippen LogP contribution < -0.4 is 0 Å². The molecule has 5 nitrogen and oxygen atoms in total. The molecule has 2 rings (SSSR count). The van der Waals surface area contributed by atoms with Crippen molar-refractivity contribution in [2.75, 3.05) is 0 Å². The third-order valence-electron chi connectivity index (χ3n) is 1.82. The largest absolute Gasteiger partial charge is 0.296 e. The molecule has 5 heteroatoms. The van der Waals surface area contributed by atoms with Crippen molar-refractivity contribution in [2.24, 2.45) is 0 Å². The van der Waals surface area contributed by atoms with Gasteiger partial charge in [0.2, 0.25) is 0 Å². The van der Waals surface area contributed by atoms with Crippen LogP contribution in [0.15, 0.2) is 18.2 Å². The zero-order valence-electron chi connectivity index (χ0n) is 7.56. The number of carbonyl (C=O) groups is 1. The van der Waals surface area contributed by atoms with Gasteiger partial charge in [0, 0.05) is 5.69 Å². The lowest BCUT2D eigenvalue weighted by Crippen LogP contribution is -1.90. The molecule has 2 heterocycles. The molecule has 70 valence electrons. The van der Waals surface area contributed by atoms with Crippen LogP contribution in [0.2, 0.25) is 0 Å². The number of rotatable bonds is 2. The summed E-state index contributed by atoms with van der Waals surface area (Å²) in [6.07, 6.45) is 0.656. The first-order valence-corrected chi connectivity index (χ1v) is 4.11. The van der Waals surface area contributed by atoms with Crippen LogP contribution in [0.4, 0.5) is 0 Å². The van der Waals surface area contributed by atoms with E-state index in [9.17, 15) is 4.79 Å². The number of aryl methyl sites for hydroxylation is 1. The van der Waals surface area contributed by atoms with Crippen molar-refractivity contribution in [2.45, 2.75) is 6.92 Å². The van der Waals surface area contributed by atoms with E-state index in [-0.39, 0.29) is 5.69 Å². The number of aromatic amines is 1. The topological polar surface area (TPSA) is 71.5 Å². The lowest BCUT2D eigenvalue weighted by atomic mass is 10.2. The Morgan fingerprint density at radius 3 is 2.93 bits per heavy atom. The molecule has 14 heavy (non-hydrogen) atoms. The van der Waals surface area contributed by atoms with Crippen molar-refractivity contribution in [1.82, 2.24) is 20.4 Å². The lowest BCUT2D eigenvalue weighted by Gasteiger charge is -1.96. The van der Waals surface area contributed by atoms with Gasteiger partial charge in [0.25, 0.3) is 0 Å². The second-order valence-electron chi connectivity index (χ2n) is 2.84. The van der Waals surface area contributed by atoms with Gasteiger partial charge in [0.1, 0.15) is 5.69 Å². The quantitative estimate of drug-likeness (QED) is 0.713. The maximum absolute atomic E-state index is 10.6. The van der Waals surface area contributed by atoms with E-state index in [1.54, 1.807) is 6.07 Å². The van der Waals surface area contributed by atoms with Crippen LogP contribution in [-0.2, 0) is 0 Å². The Kier molecular flexibility index (Phi) is 2.06. The van der Waals surface area contributed by atoms with Crippen molar-refractivity contribution >= 4 is 6.29 Å². The molecule has 0 saturated heterocycles. The molecule has 0 aliphatic heterocycles. The molecule has 0 fully saturated rings. The predicted octanol–water partition coefficient (Wildman–Crippen LogP) is 0.988. The predicted molar refractivity (Wildman–Crippen MR) is 49.7 cm³/mol. The summed E-state index contributed by atoms with van der Waals surface area (Å²) in [6, 6.07) is 5.53. The van der Waals surface area contributed by atoms with E-state index in [4.69, 9.17) is 0 Å². The Labute approximate surface area is 80.2 Å². The maximum Gasteiger partial charge on any atom is 0.172 e. The summed E-state index contributed by atoms with van der Waals surface area (Å²) < 4.78 is 0. The Morgan fingerprint density at radius 2 is 2.21 bits per heavy atom. The van der Waals surface area contributed by atoms with Crippen molar-refractivity contribution in [3.8, 4) is 11.4 Å². The van der Waals surface area contributed by atoms with Gasteiger partial charge in [-0.3, -0.25) is 9.78 Å². The Balaban J connectivity index is 2.54. The smallest absolute Gasteiger partial charge is 0.172 e. The van der Waals surface area contributed by atoms with Crippen LogP contribution in [0.5, 0.6) is 0 Å². The molecule has 0 aliphatic rings. The average Bonchev–Trinajstić information content (AvgIpc) is 2.65. The third kappa shape index (κ3) is 1.39. The van der Waals surface area contributed by atoms with Crippen LogP contribution in [0, 0.1) is 6.92 Å². The second-order valence-corrected chi connectivity index (χ2v) is 2.84. The number of nitrogens with zero attached hydrogens (tertiary/aromatic N) is 3. The fraction of sp³-hybridized carbons (Fsp3) is 0.111. The molecule has 0 aliphatic carbocycles. The van der Waals surface area contributed by atoms with Gasteiger partial charge in [-0.25, -0.2) is 0 Å². The Bertz CT molecular complexity index is 463. The SMILES string of the molecule is Cc1cccc(-c2n[nH]nc2C=O)n1. The van der Waals surface area contributed by atoms with E-state index in [1.165, 1.54) is 0 Å². The highest BCUT2D eigenvalue weighted by atomic mass is 16.1. The molecule has 0 unspecified atom stereocenters. The molecule has 0 atom stereocenters. The van der Waals surface area contributed by atoms with Crippen LogP contribution in [0.3, 0.4) is 0 Å². The standard InChI is InChI=1S/C9H8N4O/c1-6-3-2-4-7(10-6)9-8(5-14)11-13-12-9/h2-5H,1H3,(H,11,12,13). The van der Waals surface area contributed by atoms with Crippen LogP contribution in [0.1, 0.15) is 16.2 Å². The van der Waals surface area contributed by atoms with Gasteiger partial charge >= 0.3 is 0 Å².